The molecule has 1 heterocycles. The lowest BCUT2D eigenvalue weighted by Gasteiger charge is -2.28. The highest BCUT2D eigenvalue weighted by Crippen LogP contribution is 2.26. The second-order valence-electron chi connectivity index (χ2n) is 6.19. The molecule has 5 heteroatoms. The molecule has 1 aromatic rings. The van der Waals surface area contributed by atoms with Gasteiger partial charge in [-0.3, -0.25) is 4.79 Å². The van der Waals surface area contributed by atoms with E-state index in [0.29, 0.717) is 25.5 Å². The third-order valence-electron chi connectivity index (χ3n) is 4.21. The molecule has 0 aliphatic heterocycles. The highest BCUT2D eigenvalue weighted by molar-refractivity contribution is 5.69. The first-order chi connectivity index (χ1) is 11.2. The van der Waals surface area contributed by atoms with Crippen molar-refractivity contribution in [3.8, 4) is 5.88 Å². The van der Waals surface area contributed by atoms with E-state index in [1.165, 1.54) is 0 Å². The lowest BCUT2D eigenvalue weighted by molar-refractivity contribution is -0.142. The Morgan fingerprint density at radius 1 is 1.30 bits per heavy atom. The van der Waals surface area contributed by atoms with Crippen molar-refractivity contribution in [2.45, 2.75) is 52.1 Å². The lowest BCUT2D eigenvalue weighted by Crippen LogP contribution is -2.31. The van der Waals surface area contributed by atoms with Crippen molar-refractivity contribution < 1.29 is 14.3 Å². The van der Waals surface area contributed by atoms with Crippen LogP contribution in [0, 0.1) is 12.8 Å². The Hall–Kier alpha value is -1.62. The largest absolute Gasteiger partial charge is 0.474 e. The summed E-state index contributed by atoms with van der Waals surface area (Å²) in [6.07, 6.45) is 7.02. The molecular weight excluding hydrogens is 292 g/mol. The molecule has 0 bridgehead atoms. The number of aromatic nitrogens is 1. The van der Waals surface area contributed by atoms with Crippen LogP contribution >= 0.6 is 0 Å². The number of carbonyl (C=O) groups is 1. The summed E-state index contributed by atoms with van der Waals surface area (Å²) in [7, 11) is 0. The van der Waals surface area contributed by atoms with Gasteiger partial charge < -0.3 is 14.8 Å². The van der Waals surface area contributed by atoms with Crippen LogP contribution in [0.5, 0.6) is 5.88 Å². The zero-order valence-electron chi connectivity index (χ0n) is 14.2. The van der Waals surface area contributed by atoms with Gasteiger partial charge in [0, 0.05) is 18.8 Å². The molecule has 1 aliphatic rings. The Kier molecular flexibility index (Phi) is 7.33. The van der Waals surface area contributed by atoms with E-state index in [1.54, 1.807) is 0 Å². The number of carbonyl (C=O) groups excluding carboxylic acids is 1. The number of nitrogens with one attached hydrogen (secondary N) is 1. The molecule has 1 aliphatic carbocycles. The minimum Gasteiger partial charge on any atom is -0.474 e. The van der Waals surface area contributed by atoms with Gasteiger partial charge in [-0.05, 0) is 57.6 Å². The van der Waals surface area contributed by atoms with Crippen molar-refractivity contribution in [3.63, 3.8) is 0 Å². The minimum absolute atomic E-state index is 0.122. The van der Waals surface area contributed by atoms with Gasteiger partial charge in [-0.2, -0.15) is 0 Å². The molecule has 0 amide bonds. The summed E-state index contributed by atoms with van der Waals surface area (Å²) in [4.78, 5) is 15.6. The summed E-state index contributed by atoms with van der Waals surface area (Å²) in [5.41, 5.74) is 1.15. The Bertz CT molecular complexity index is 468. The SMILES string of the molecule is CCOC(=O)CCNC[C@H]1CC[C@H](Oc2ccc(C)cn2)CC1. The van der Waals surface area contributed by atoms with Crippen LogP contribution in [0.4, 0.5) is 0 Å². The van der Waals surface area contributed by atoms with E-state index in [1.807, 2.05) is 32.2 Å². The van der Waals surface area contributed by atoms with Gasteiger partial charge in [0.25, 0.3) is 0 Å². The number of pyridine rings is 1. The van der Waals surface area contributed by atoms with Gasteiger partial charge in [-0.15, -0.1) is 0 Å². The second-order valence-corrected chi connectivity index (χ2v) is 6.19. The summed E-state index contributed by atoms with van der Waals surface area (Å²) >= 11 is 0. The summed E-state index contributed by atoms with van der Waals surface area (Å²) in [6.45, 7) is 5.98. The summed E-state index contributed by atoms with van der Waals surface area (Å²) < 4.78 is 10.9. The van der Waals surface area contributed by atoms with Crippen LogP contribution in [0.2, 0.25) is 0 Å². The molecule has 1 fully saturated rings. The monoisotopic (exact) mass is 320 g/mol. The Morgan fingerprint density at radius 2 is 2.09 bits per heavy atom. The van der Waals surface area contributed by atoms with Crippen LogP contribution in [0.15, 0.2) is 18.3 Å². The van der Waals surface area contributed by atoms with Crippen molar-refractivity contribution >= 4 is 5.97 Å². The predicted molar refractivity (Wildman–Crippen MR) is 89.5 cm³/mol. The van der Waals surface area contributed by atoms with Crippen LogP contribution in [-0.2, 0) is 9.53 Å². The summed E-state index contributed by atoms with van der Waals surface area (Å²) in [6, 6.07) is 3.97. The van der Waals surface area contributed by atoms with Gasteiger partial charge in [0.15, 0.2) is 0 Å². The zero-order valence-corrected chi connectivity index (χ0v) is 14.2. The molecule has 5 nitrogen and oxygen atoms in total. The number of ether oxygens (including phenoxy) is 2. The van der Waals surface area contributed by atoms with Gasteiger partial charge in [-0.1, -0.05) is 6.07 Å². The molecule has 1 saturated carbocycles. The molecule has 23 heavy (non-hydrogen) atoms. The maximum Gasteiger partial charge on any atom is 0.307 e. The fraction of sp³-hybridized carbons (Fsp3) is 0.667. The van der Waals surface area contributed by atoms with E-state index in [4.69, 9.17) is 9.47 Å². The average molecular weight is 320 g/mol. The predicted octanol–water partition coefficient (Wildman–Crippen LogP) is 2.87. The van der Waals surface area contributed by atoms with E-state index in [2.05, 4.69) is 10.3 Å². The summed E-state index contributed by atoms with van der Waals surface area (Å²) in [5, 5.41) is 3.36. The van der Waals surface area contributed by atoms with Crippen molar-refractivity contribution in [1.82, 2.24) is 10.3 Å². The lowest BCUT2D eigenvalue weighted by atomic mass is 9.87. The third kappa shape index (κ3) is 6.57. The van der Waals surface area contributed by atoms with E-state index < -0.39 is 0 Å². The van der Waals surface area contributed by atoms with E-state index in [9.17, 15) is 4.79 Å². The van der Waals surface area contributed by atoms with E-state index >= 15 is 0 Å². The van der Waals surface area contributed by atoms with E-state index in [-0.39, 0.29) is 12.1 Å². The van der Waals surface area contributed by atoms with Gasteiger partial charge >= 0.3 is 5.97 Å². The fourth-order valence-electron chi connectivity index (χ4n) is 2.88. The van der Waals surface area contributed by atoms with Gasteiger partial charge in [0.05, 0.1) is 13.0 Å². The van der Waals surface area contributed by atoms with Crippen LogP contribution < -0.4 is 10.1 Å². The Morgan fingerprint density at radius 3 is 2.74 bits per heavy atom. The van der Waals surface area contributed by atoms with Crippen molar-refractivity contribution in [3.05, 3.63) is 23.9 Å². The standard InChI is InChI=1S/C18H28N2O3/c1-3-22-18(21)10-11-19-13-15-5-7-16(8-6-15)23-17-9-4-14(2)12-20-17/h4,9,12,15-16,19H,3,5-8,10-11,13H2,1-2H3/t15-,16-. The molecule has 0 unspecified atom stereocenters. The quantitative estimate of drug-likeness (QED) is 0.589. The smallest absolute Gasteiger partial charge is 0.307 e. The minimum atomic E-state index is -0.122. The highest BCUT2D eigenvalue weighted by Gasteiger charge is 2.22. The Balaban J connectivity index is 1.58. The number of rotatable bonds is 8. The summed E-state index contributed by atoms with van der Waals surface area (Å²) in [5.74, 6) is 1.28. The molecule has 0 spiro atoms. The van der Waals surface area contributed by atoms with E-state index in [0.717, 1.165) is 43.7 Å². The van der Waals surface area contributed by atoms with Crippen LogP contribution in [0.3, 0.4) is 0 Å². The molecule has 0 radical (unpaired) electrons. The fourth-order valence-corrected chi connectivity index (χ4v) is 2.88. The molecular formula is C18H28N2O3. The first kappa shape index (κ1) is 17.7. The Labute approximate surface area is 138 Å². The number of nitrogens with zero attached hydrogens (tertiary/aromatic N) is 1. The first-order valence-electron chi connectivity index (χ1n) is 8.63. The van der Waals surface area contributed by atoms with Crippen LogP contribution in [0.25, 0.3) is 0 Å². The van der Waals surface area contributed by atoms with Crippen molar-refractivity contribution in [1.29, 1.82) is 0 Å². The molecule has 1 aromatic heterocycles. The maximum atomic E-state index is 11.2. The number of hydrogen-bond acceptors (Lipinski definition) is 5. The highest BCUT2D eigenvalue weighted by atomic mass is 16.5. The molecule has 2 rings (SSSR count). The number of aryl methyl sites for hydroxylation is 1. The topological polar surface area (TPSA) is 60.5 Å². The number of esters is 1. The number of hydrogen-bond donors (Lipinski definition) is 1. The van der Waals surface area contributed by atoms with Crippen molar-refractivity contribution in [2.75, 3.05) is 19.7 Å². The molecule has 0 atom stereocenters. The molecule has 0 aromatic carbocycles. The molecule has 0 saturated heterocycles. The maximum absolute atomic E-state index is 11.2. The normalized spacial score (nSPS) is 21.0. The second kappa shape index (κ2) is 9.50. The van der Waals surface area contributed by atoms with Gasteiger partial charge in [0.1, 0.15) is 6.10 Å². The zero-order chi connectivity index (χ0) is 16.5. The first-order valence-corrected chi connectivity index (χ1v) is 8.63. The van der Waals surface area contributed by atoms with Gasteiger partial charge in [0.2, 0.25) is 5.88 Å². The third-order valence-corrected chi connectivity index (χ3v) is 4.21. The van der Waals surface area contributed by atoms with Gasteiger partial charge in [-0.25, -0.2) is 4.98 Å². The van der Waals surface area contributed by atoms with Crippen molar-refractivity contribution in [2.24, 2.45) is 5.92 Å². The molecule has 128 valence electrons. The van der Waals surface area contributed by atoms with Crippen LogP contribution in [-0.4, -0.2) is 36.8 Å². The average Bonchev–Trinajstić information content (AvgIpc) is 2.55. The van der Waals surface area contributed by atoms with Crippen LogP contribution in [0.1, 0.15) is 44.6 Å². The molecule has 1 N–H and O–H groups in total.